The van der Waals surface area contributed by atoms with Crippen LogP contribution in [0.5, 0.6) is 11.5 Å². The molecule has 4 nitrogen and oxygen atoms in total. The third-order valence-electron chi connectivity index (χ3n) is 9.77. The molecule has 0 amide bonds. The van der Waals surface area contributed by atoms with Crippen LogP contribution >= 0.6 is 7.14 Å². The van der Waals surface area contributed by atoms with E-state index in [4.69, 9.17) is 9.72 Å². The van der Waals surface area contributed by atoms with Gasteiger partial charge in [-0.3, -0.25) is 0 Å². The molecular formula is C42H43N2O2PPt. The molecule has 0 bridgehead atoms. The smallest absolute Gasteiger partial charge is 0.497 e. The molecule has 3 aromatic carbocycles. The van der Waals surface area contributed by atoms with Crippen molar-refractivity contribution in [1.82, 2.24) is 9.97 Å². The molecule has 3 heterocycles. The van der Waals surface area contributed by atoms with Gasteiger partial charge in [-0.05, 0) is 63.9 Å². The maximum absolute atomic E-state index is 15.7. The summed E-state index contributed by atoms with van der Waals surface area (Å²) in [6, 6.07) is 31.7. The Morgan fingerprint density at radius 1 is 0.708 bits per heavy atom. The van der Waals surface area contributed by atoms with Crippen LogP contribution in [-0.4, -0.2) is 15.6 Å². The van der Waals surface area contributed by atoms with Crippen LogP contribution < -0.4 is 15.3 Å². The molecule has 2 aromatic heterocycles. The predicted molar refractivity (Wildman–Crippen MR) is 194 cm³/mol. The van der Waals surface area contributed by atoms with E-state index in [0.29, 0.717) is 11.5 Å². The number of benzene rings is 3. The molecule has 1 aliphatic carbocycles. The normalized spacial score (nSPS) is 17.7. The molecule has 0 spiro atoms. The van der Waals surface area contributed by atoms with Crippen molar-refractivity contribution in [3.8, 4) is 45.1 Å². The third-order valence-corrected chi connectivity index (χ3v) is 13.5. The van der Waals surface area contributed by atoms with E-state index < -0.39 is 7.14 Å². The van der Waals surface area contributed by atoms with Crippen molar-refractivity contribution in [2.45, 2.75) is 90.1 Å². The third kappa shape index (κ3) is 6.39. The maximum Gasteiger partial charge on any atom is 2.00 e. The van der Waals surface area contributed by atoms with Crippen LogP contribution in [0.4, 0.5) is 0 Å². The predicted octanol–water partition coefficient (Wildman–Crippen LogP) is 10.4. The van der Waals surface area contributed by atoms with Crippen LogP contribution in [0.25, 0.3) is 33.6 Å². The fraction of sp³-hybridized carbons (Fsp3) is 0.333. The molecule has 1 saturated carbocycles. The van der Waals surface area contributed by atoms with Gasteiger partial charge in [0, 0.05) is 34.9 Å². The number of pyridine rings is 2. The molecule has 248 valence electrons. The number of hydrogen-bond donors (Lipinski definition) is 0. The molecule has 7 rings (SSSR count). The van der Waals surface area contributed by atoms with Gasteiger partial charge in [-0.2, -0.15) is 0 Å². The van der Waals surface area contributed by atoms with Crippen molar-refractivity contribution < 1.29 is 30.4 Å². The van der Waals surface area contributed by atoms with Crippen LogP contribution in [0.2, 0.25) is 0 Å². The number of hydrogen-bond acceptors (Lipinski definition) is 4. The standard InChI is InChI=1S/C42H43N2O2P.Pt/c1-41(2,3)29-19-21-43-36(24-29)28-13-12-14-31(23-28)46-32-26-35(37-25-30(20-22-44-37)42(4,5)6)40-34-17-10-11-18-38(34)47(45,39(40)27-32)33-15-8-7-9-16-33;/h10-14,17-22,24-25,27,33H,7-9,15-16H2,1-6H3;/q-2;+2. The number of ether oxygens (including phenoxy) is 1. The van der Waals surface area contributed by atoms with E-state index in [2.05, 4.69) is 101 Å². The van der Waals surface area contributed by atoms with E-state index in [-0.39, 0.29) is 37.6 Å². The Labute approximate surface area is 300 Å². The topological polar surface area (TPSA) is 52.1 Å². The molecule has 1 aliphatic heterocycles. The largest absolute Gasteiger partial charge is 2.00 e. The van der Waals surface area contributed by atoms with Crippen molar-refractivity contribution in [3.63, 3.8) is 0 Å². The van der Waals surface area contributed by atoms with Gasteiger partial charge in [0.15, 0.2) is 0 Å². The molecule has 0 radical (unpaired) electrons. The van der Waals surface area contributed by atoms with E-state index >= 15 is 4.57 Å². The summed E-state index contributed by atoms with van der Waals surface area (Å²) >= 11 is 0. The molecule has 2 aliphatic rings. The summed E-state index contributed by atoms with van der Waals surface area (Å²) in [4.78, 5) is 9.53. The number of rotatable bonds is 5. The molecule has 0 N–H and O–H groups in total. The Kier molecular flexibility index (Phi) is 9.49. The van der Waals surface area contributed by atoms with Gasteiger partial charge in [0.05, 0.1) is 0 Å². The first kappa shape index (κ1) is 34.5. The fourth-order valence-electron chi connectivity index (χ4n) is 7.12. The monoisotopic (exact) mass is 833 g/mol. The molecule has 1 unspecified atom stereocenters. The Hall–Kier alpha value is -3.32. The van der Waals surface area contributed by atoms with E-state index in [1.807, 2.05) is 42.7 Å². The summed E-state index contributed by atoms with van der Waals surface area (Å²) < 4.78 is 22.3. The molecule has 48 heavy (non-hydrogen) atoms. The molecule has 1 atom stereocenters. The summed E-state index contributed by atoms with van der Waals surface area (Å²) in [5, 5.41) is 1.85. The van der Waals surface area contributed by atoms with Gasteiger partial charge in [0.1, 0.15) is 7.14 Å². The zero-order valence-electron chi connectivity index (χ0n) is 28.7. The Morgan fingerprint density at radius 2 is 1.35 bits per heavy atom. The second-order valence-electron chi connectivity index (χ2n) is 15.1. The number of aromatic nitrogens is 2. The van der Waals surface area contributed by atoms with E-state index in [1.165, 1.54) is 17.5 Å². The van der Waals surface area contributed by atoms with Crippen molar-refractivity contribution in [2.24, 2.45) is 0 Å². The van der Waals surface area contributed by atoms with Gasteiger partial charge in [-0.1, -0.05) is 126 Å². The van der Waals surface area contributed by atoms with Gasteiger partial charge in [-0.15, -0.1) is 29.3 Å². The van der Waals surface area contributed by atoms with Gasteiger partial charge in [0.2, 0.25) is 0 Å². The number of nitrogens with zero attached hydrogens (tertiary/aromatic N) is 2. The summed E-state index contributed by atoms with van der Waals surface area (Å²) in [5.74, 6) is 1.09. The molecular weight excluding hydrogens is 791 g/mol. The summed E-state index contributed by atoms with van der Waals surface area (Å²) in [6.45, 7) is 13.2. The SMILES string of the molecule is CC(C)(C)c1ccnc(-c2[c-]c(Oc3[c-]c(-c4cc(C(C)(C)C)ccn4)c4c(c3)P(=O)(C3CCCCC3)c3ccccc3-4)ccc2)c1.[Pt+2]. The van der Waals surface area contributed by atoms with E-state index in [0.717, 1.165) is 69.9 Å². The maximum atomic E-state index is 15.7. The average molecular weight is 834 g/mol. The first-order valence-electron chi connectivity index (χ1n) is 16.9. The van der Waals surface area contributed by atoms with Gasteiger partial charge < -0.3 is 19.3 Å². The van der Waals surface area contributed by atoms with Gasteiger partial charge >= 0.3 is 21.1 Å². The first-order valence-corrected chi connectivity index (χ1v) is 18.6. The molecule has 0 saturated heterocycles. The minimum atomic E-state index is -2.98. The van der Waals surface area contributed by atoms with Crippen molar-refractivity contribution in [2.75, 3.05) is 0 Å². The van der Waals surface area contributed by atoms with Crippen LogP contribution in [0.1, 0.15) is 84.8 Å². The van der Waals surface area contributed by atoms with Crippen molar-refractivity contribution >= 4 is 17.8 Å². The zero-order chi connectivity index (χ0) is 33.0. The van der Waals surface area contributed by atoms with Gasteiger partial charge in [0.25, 0.3) is 0 Å². The second-order valence-corrected chi connectivity index (χ2v) is 18.1. The Balaban J connectivity index is 0.00000401. The summed E-state index contributed by atoms with van der Waals surface area (Å²) in [6.07, 6.45) is 9.12. The minimum Gasteiger partial charge on any atom is -0.497 e. The second kappa shape index (κ2) is 13.2. The Morgan fingerprint density at radius 3 is 2.04 bits per heavy atom. The van der Waals surface area contributed by atoms with E-state index in [1.54, 1.807) is 0 Å². The zero-order valence-corrected chi connectivity index (χ0v) is 31.8. The van der Waals surface area contributed by atoms with Crippen LogP contribution in [0, 0.1) is 12.1 Å². The van der Waals surface area contributed by atoms with Crippen molar-refractivity contribution in [3.05, 3.63) is 108 Å². The number of fused-ring (bicyclic) bond motifs is 3. The summed E-state index contributed by atoms with van der Waals surface area (Å²) in [7, 11) is -2.98. The van der Waals surface area contributed by atoms with E-state index in [9.17, 15) is 0 Å². The Bertz CT molecular complexity index is 2020. The van der Waals surface area contributed by atoms with Crippen LogP contribution in [0.15, 0.2) is 85.2 Å². The fourth-order valence-corrected chi connectivity index (χ4v) is 11.0. The molecule has 1 fully saturated rings. The quantitative estimate of drug-likeness (QED) is 0.131. The van der Waals surface area contributed by atoms with Gasteiger partial charge in [-0.25, -0.2) is 0 Å². The van der Waals surface area contributed by atoms with Crippen molar-refractivity contribution in [1.29, 1.82) is 0 Å². The summed E-state index contributed by atoms with van der Waals surface area (Å²) in [5.41, 5.74) is 7.83. The van der Waals surface area contributed by atoms with Crippen LogP contribution in [0.3, 0.4) is 0 Å². The molecule has 6 heteroatoms. The minimum absolute atomic E-state index is 0. The molecule has 5 aromatic rings. The average Bonchev–Trinajstić information content (AvgIpc) is 3.33. The first-order chi connectivity index (χ1) is 22.4. The van der Waals surface area contributed by atoms with Crippen LogP contribution in [-0.2, 0) is 36.5 Å².